The maximum Gasteiger partial charge on any atom is 0.147 e. The van der Waals surface area contributed by atoms with Crippen LogP contribution in [0.4, 0.5) is 0 Å². The normalized spacial score (nSPS) is 15.1. The molecule has 1 unspecified atom stereocenters. The molecule has 0 aliphatic heterocycles. The molecule has 0 saturated heterocycles. The predicted octanol–water partition coefficient (Wildman–Crippen LogP) is 14.7. The number of aliphatic imine (C=N–C) groups is 2. The van der Waals surface area contributed by atoms with Crippen molar-refractivity contribution < 1.29 is 0 Å². The van der Waals surface area contributed by atoms with Crippen LogP contribution in [0.2, 0.25) is 0 Å². The van der Waals surface area contributed by atoms with Gasteiger partial charge in [-0.2, -0.15) is 0 Å². The summed E-state index contributed by atoms with van der Waals surface area (Å²) in [7, 11) is 2.08. The number of allylic oxidation sites excluding steroid dienone is 11. The number of rotatable bonds is 14. The Bertz CT molecular complexity index is 2740. The van der Waals surface area contributed by atoms with E-state index in [1.807, 2.05) is 12.2 Å². The summed E-state index contributed by atoms with van der Waals surface area (Å²) in [5.41, 5.74) is 19.0. The molecule has 0 radical (unpaired) electrons. The summed E-state index contributed by atoms with van der Waals surface area (Å²) in [5, 5.41) is 1.30. The topological polar surface area (TPSA) is 32.9 Å². The summed E-state index contributed by atoms with van der Waals surface area (Å²) >= 11 is 5.27. The highest BCUT2D eigenvalue weighted by molar-refractivity contribution is 7.80. The molecule has 4 nitrogen and oxygen atoms in total. The van der Waals surface area contributed by atoms with Crippen LogP contribution in [0.15, 0.2) is 167 Å². The highest BCUT2D eigenvalue weighted by Crippen LogP contribution is 2.44. The molecule has 0 amide bonds. The first-order valence-electron chi connectivity index (χ1n) is 21.4. The number of amidine groups is 1. The van der Waals surface area contributed by atoms with E-state index in [9.17, 15) is 0 Å². The molecule has 0 fully saturated rings. The number of aryl methyl sites for hydroxylation is 1. The molecular formula is C56H58N4S. The molecule has 4 aromatic carbocycles. The van der Waals surface area contributed by atoms with Gasteiger partial charge in [0.2, 0.25) is 0 Å². The van der Waals surface area contributed by atoms with Crippen molar-refractivity contribution in [1.82, 2.24) is 9.47 Å². The van der Waals surface area contributed by atoms with E-state index < -0.39 is 0 Å². The van der Waals surface area contributed by atoms with E-state index in [0.717, 1.165) is 75.5 Å². The van der Waals surface area contributed by atoms with Gasteiger partial charge in [-0.3, -0.25) is 9.98 Å². The fraction of sp³-hybridized carbons (Fsp3) is 0.214. The lowest BCUT2D eigenvalue weighted by Gasteiger charge is -2.30. The highest BCUT2D eigenvalue weighted by atomic mass is 32.1. The van der Waals surface area contributed by atoms with Crippen LogP contribution in [0, 0.1) is 6.92 Å². The molecule has 1 atom stereocenters. The van der Waals surface area contributed by atoms with Crippen LogP contribution < -0.4 is 0 Å². The number of aromatic nitrogens is 1. The summed E-state index contributed by atoms with van der Waals surface area (Å²) < 4.78 is 2.43. The zero-order valence-electron chi connectivity index (χ0n) is 36.7. The van der Waals surface area contributed by atoms with E-state index in [4.69, 9.17) is 17.6 Å². The first-order valence-corrected chi connectivity index (χ1v) is 21.8. The van der Waals surface area contributed by atoms with E-state index in [-0.39, 0.29) is 6.17 Å². The Labute approximate surface area is 369 Å². The van der Waals surface area contributed by atoms with Crippen molar-refractivity contribution in [3.05, 3.63) is 196 Å². The van der Waals surface area contributed by atoms with E-state index >= 15 is 0 Å². The molecule has 7 rings (SSSR count). The molecule has 1 aromatic heterocycles. The first-order chi connectivity index (χ1) is 29.6. The van der Waals surface area contributed by atoms with E-state index in [0.29, 0.717) is 6.54 Å². The zero-order chi connectivity index (χ0) is 43.2. The third-order valence-electron chi connectivity index (χ3n) is 12.2. The Morgan fingerprint density at radius 2 is 1.75 bits per heavy atom. The number of benzene rings is 4. The molecule has 2 aliphatic carbocycles. The minimum Gasteiger partial charge on any atom is -0.334 e. The maximum absolute atomic E-state index is 5.44. The maximum atomic E-state index is 5.44. The summed E-state index contributed by atoms with van der Waals surface area (Å²) in [6.07, 6.45) is 22.8. The van der Waals surface area contributed by atoms with Gasteiger partial charge in [0, 0.05) is 39.9 Å². The van der Waals surface area contributed by atoms with Crippen molar-refractivity contribution in [2.24, 2.45) is 9.98 Å². The predicted molar refractivity (Wildman–Crippen MR) is 269 cm³/mol. The molecule has 0 bridgehead atoms. The van der Waals surface area contributed by atoms with Gasteiger partial charge >= 0.3 is 0 Å². The molecule has 0 N–H and O–H groups in total. The first kappa shape index (κ1) is 42.9. The van der Waals surface area contributed by atoms with E-state index in [1.165, 1.54) is 55.6 Å². The Kier molecular flexibility index (Phi) is 13.4. The molecule has 61 heavy (non-hydrogen) atoms. The van der Waals surface area contributed by atoms with Gasteiger partial charge in [0.1, 0.15) is 12.0 Å². The Morgan fingerprint density at radius 3 is 2.43 bits per heavy atom. The average Bonchev–Trinajstić information content (AvgIpc) is 3.78. The minimum atomic E-state index is -0.296. The van der Waals surface area contributed by atoms with Gasteiger partial charge in [-0.15, -0.1) is 12.6 Å². The fourth-order valence-corrected chi connectivity index (χ4v) is 9.36. The quantitative estimate of drug-likeness (QED) is 0.0515. The number of likely N-dealkylation sites (N-methyl/N-ethyl adjacent to an activating group) is 1. The second-order valence-corrected chi connectivity index (χ2v) is 16.4. The summed E-state index contributed by atoms with van der Waals surface area (Å²) in [6.45, 7) is 23.7. The third kappa shape index (κ3) is 8.45. The second kappa shape index (κ2) is 19.0. The van der Waals surface area contributed by atoms with Gasteiger partial charge in [-0.1, -0.05) is 117 Å². The summed E-state index contributed by atoms with van der Waals surface area (Å²) in [4.78, 5) is 13.2. The lowest BCUT2D eigenvalue weighted by molar-refractivity contribution is 0.387. The Morgan fingerprint density at radius 1 is 0.984 bits per heavy atom. The lowest BCUT2D eigenvalue weighted by atomic mass is 9.93. The molecular weight excluding hydrogens is 761 g/mol. The van der Waals surface area contributed by atoms with Crippen molar-refractivity contribution in [3.63, 3.8) is 0 Å². The smallest absolute Gasteiger partial charge is 0.147 e. The second-order valence-electron chi connectivity index (χ2n) is 15.9. The van der Waals surface area contributed by atoms with Gasteiger partial charge < -0.3 is 9.47 Å². The number of thiol groups is 1. The average molecular weight is 819 g/mol. The molecule has 5 aromatic rings. The van der Waals surface area contributed by atoms with Gasteiger partial charge in [-0.25, -0.2) is 0 Å². The van der Waals surface area contributed by atoms with Crippen LogP contribution >= 0.6 is 12.6 Å². The van der Waals surface area contributed by atoms with Crippen molar-refractivity contribution in [2.45, 2.75) is 77.9 Å². The van der Waals surface area contributed by atoms with Crippen LogP contribution in [0.1, 0.15) is 91.3 Å². The lowest BCUT2D eigenvalue weighted by Crippen LogP contribution is -2.32. The number of hydrogen-bond acceptors (Lipinski definition) is 3. The number of fused-ring (bicyclic) bond motifs is 3. The Balaban J connectivity index is 1.42. The van der Waals surface area contributed by atoms with Crippen LogP contribution in [0.5, 0.6) is 0 Å². The third-order valence-corrected chi connectivity index (χ3v) is 12.7. The van der Waals surface area contributed by atoms with Gasteiger partial charge in [0.15, 0.2) is 0 Å². The molecule has 0 saturated carbocycles. The monoisotopic (exact) mass is 818 g/mol. The van der Waals surface area contributed by atoms with Gasteiger partial charge in [0.05, 0.1) is 12.1 Å². The van der Waals surface area contributed by atoms with Crippen molar-refractivity contribution in [1.29, 1.82) is 0 Å². The van der Waals surface area contributed by atoms with Gasteiger partial charge in [0.25, 0.3) is 0 Å². The molecule has 0 spiro atoms. The standard InChI is InChI=1S/C56H58N4S/c1-10-22-45(23-11-2)60-51(13-4)50(53-49-34-40(12-3)39(7)47(49)30-31-52(53)60)32-38(6)43-33-44(54(61)48(35-43)41-25-16-14-17-26-41)36-58-55(42-27-18-15-19-28-42)59(9)56(57-8)46-29-21-20-24-37(46)5/h10-12,14,16-18,20-33,35,56,61H,1,3,8,13,15,19,34,36H2,2,4-7,9H3/b23-11-,38-32+,45-22+,58-55?. The number of hydrogen-bond donors (Lipinski definition) is 1. The molecule has 5 heteroatoms. The molecule has 2 aliphatic rings. The SMILES string of the molecule is C=C/C=C(\C=C/C)n1c(CC)c(/C=C(\C)c2cc(CN=C(C3=CCCC=C3)N(C)C(N=C)c3ccccc3C)c(S)c(-c3ccccc3)c2)c2c3c(ccc21)C(C)=C(C=C)C3. The van der Waals surface area contributed by atoms with Crippen molar-refractivity contribution in [2.75, 3.05) is 7.05 Å². The molecule has 1 heterocycles. The summed E-state index contributed by atoms with van der Waals surface area (Å²) in [5.74, 6) is 0.879. The van der Waals surface area contributed by atoms with Crippen LogP contribution in [-0.2, 0) is 19.4 Å². The van der Waals surface area contributed by atoms with E-state index in [2.05, 4.69) is 197 Å². The highest BCUT2D eigenvalue weighted by Gasteiger charge is 2.27. The van der Waals surface area contributed by atoms with Crippen molar-refractivity contribution >= 4 is 59.0 Å². The van der Waals surface area contributed by atoms with Crippen molar-refractivity contribution in [3.8, 4) is 11.1 Å². The van der Waals surface area contributed by atoms with Crippen LogP contribution in [-0.4, -0.2) is 29.1 Å². The number of nitrogens with zero attached hydrogens (tertiary/aromatic N) is 4. The summed E-state index contributed by atoms with van der Waals surface area (Å²) in [6, 6.07) is 28.1. The minimum absolute atomic E-state index is 0.296. The fourth-order valence-electron chi connectivity index (χ4n) is 9.03. The van der Waals surface area contributed by atoms with Crippen LogP contribution in [0.25, 0.3) is 44.9 Å². The Hall–Kier alpha value is -6.17. The largest absolute Gasteiger partial charge is 0.334 e. The van der Waals surface area contributed by atoms with E-state index in [1.54, 1.807) is 0 Å². The van der Waals surface area contributed by atoms with Crippen LogP contribution in [0.3, 0.4) is 0 Å². The van der Waals surface area contributed by atoms with Gasteiger partial charge in [-0.05, 0) is 158 Å². The molecule has 308 valence electrons. The zero-order valence-corrected chi connectivity index (χ0v) is 37.6.